The van der Waals surface area contributed by atoms with Crippen LogP contribution in [0.25, 0.3) is 0 Å². The van der Waals surface area contributed by atoms with E-state index in [0.29, 0.717) is 0 Å². The van der Waals surface area contributed by atoms with Crippen LogP contribution >= 0.6 is 0 Å². The lowest BCUT2D eigenvalue weighted by Crippen LogP contribution is -2.10. The molecule has 0 saturated carbocycles. The minimum absolute atomic E-state index is 0.241. The predicted octanol–water partition coefficient (Wildman–Crippen LogP) is -0.520. The Morgan fingerprint density at radius 2 is 2.00 bits per heavy atom. The van der Waals surface area contributed by atoms with Crippen LogP contribution in [0, 0.1) is 0 Å². The van der Waals surface area contributed by atoms with Crippen molar-refractivity contribution in [1.29, 1.82) is 0 Å². The van der Waals surface area contributed by atoms with Crippen LogP contribution in [-0.2, 0) is 6.42 Å². The Hall–Kier alpha value is -0.755. The van der Waals surface area contributed by atoms with Crippen molar-refractivity contribution in [2.24, 2.45) is 0 Å². The van der Waals surface area contributed by atoms with Gasteiger partial charge in [-0.3, -0.25) is 0 Å². The van der Waals surface area contributed by atoms with Crippen molar-refractivity contribution < 1.29 is 5.11 Å². The van der Waals surface area contributed by atoms with Gasteiger partial charge in [-0.05, 0) is 6.42 Å². The lowest BCUT2D eigenvalue weighted by atomic mass is 9.89. The Labute approximate surface area is 62.1 Å². The maximum atomic E-state index is 8.64. The van der Waals surface area contributed by atoms with Crippen LogP contribution in [0.15, 0.2) is 24.3 Å². The molecule has 0 aromatic heterocycles. The van der Waals surface area contributed by atoms with Crippen LogP contribution in [-0.4, -0.2) is 19.6 Å². The molecule has 1 rings (SSSR count). The van der Waals surface area contributed by atoms with Gasteiger partial charge in [0.25, 0.3) is 0 Å². The molecule has 0 aliphatic carbocycles. The van der Waals surface area contributed by atoms with Gasteiger partial charge in [-0.1, -0.05) is 35.3 Å². The maximum Gasteiger partial charge on any atom is 0.139 e. The first-order chi connectivity index (χ1) is 4.84. The Balaban J connectivity index is 2.81. The van der Waals surface area contributed by atoms with Crippen molar-refractivity contribution in [3.8, 4) is 0 Å². The van der Waals surface area contributed by atoms with Crippen LogP contribution in [0.2, 0.25) is 0 Å². The number of aliphatic hydroxyl groups excluding tert-OH is 1. The summed E-state index contributed by atoms with van der Waals surface area (Å²) in [6.07, 6.45) is 0.771. The summed E-state index contributed by atoms with van der Waals surface area (Å²) in [5, 5.41) is 8.64. The summed E-state index contributed by atoms with van der Waals surface area (Å²) in [5.41, 5.74) is 2.50. The van der Waals surface area contributed by atoms with Gasteiger partial charge < -0.3 is 5.11 Å². The highest BCUT2D eigenvalue weighted by atomic mass is 16.2. The molecular formula is C8H11BO. The van der Waals surface area contributed by atoms with E-state index < -0.39 is 0 Å². The molecule has 0 saturated heterocycles. The van der Waals surface area contributed by atoms with Crippen molar-refractivity contribution in [3.05, 3.63) is 29.8 Å². The summed E-state index contributed by atoms with van der Waals surface area (Å²) in [5.74, 6) is 0. The molecule has 0 unspecified atom stereocenters. The number of benzene rings is 1. The monoisotopic (exact) mass is 134 g/mol. The van der Waals surface area contributed by atoms with E-state index in [4.69, 9.17) is 5.11 Å². The molecule has 0 fully saturated rings. The lowest BCUT2D eigenvalue weighted by molar-refractivity contribution is 0.300. The van der Waals surface area contributed by atoms with Crippen molar-refractivity contribution in [2.75, 3.05) is 6.61 Å². The van der Waals surface area contributed by atoms with Crippen LogP contribution in [0.4, 0.5) is 0 Å². The van der Waals surface area contributed by atoms with E-state index in [-0.39, 0.29) is 6.61 Å². The fourth-order valence-corrected chi connectivity index (χ4v) is 1.01. The summed E-state index contributed by atoms with van der Waals surface area (Å²) >= 11 is 0. The van der Waals surface area contributed by atoms with E-state index in [1.165, 1.54) is 11.0 Å². The van der Waals surface area contributed by atoms with E-state index in [2.05, 4.69) is 13.9 Å². The number of hydrogen-bond donors (Lipinski definition) is 1. The molecule has 1 aromatic rings. The zero-order valence-electron chi connectivity index (χ0n) is 6.17. The SMILES string of the molecule is Bc1ccccc1CCO. The number of aliphatic hydroxyl groups is 1. The Morgan fingerprint density at radius 1 is 1.30 bits per heavy atom. The molecule has 1 nitrogen and oxygen atoms in total. The van der Waals surface area contributed by atoms with E-state index in [9.17, 15) is 0 Å². The van der Waals surface area contributed by atoms with Gasteiger partial charge in [-0.15, -0.1) is 0 Å². The van der Waals surface area contributed by atoms with Crippen LogP contribution < -0.4 is 5.46 Å². The van der Waals surface area contributed by atoms with Crippen molar-refractivity contribution in [1.82, 2.24) is 0 Å². The van der Waals surface area contributed by atoms with Gasteiger partial charge in [0.05, 0.1) is 0 Å². The summed E-state index contributed by atoms with van der Waals surface area (Å²) in [6.45, 7) is 0.241. The largest absolute Gasteiger partial charge is 0.396 e. The van der Waals surface area contributed by atoms with Crippen LogP contribution in [0.1, 0.15) is 5.56 Å². The number of rotatable bonds is 2. The second kappa shape index (κ2) is 3.42. The minimum atomic E-state index is 0.241. The molecule has 10 heavy (non-hydrogen) atoms. The third-order valence-corrected chi connectivity index (χ3v) is 1.64. The van der Waals surface area contributed by atoms with E-state index in [1.807, 2.05) is 18.2 Å². The molecule has 1 aromatic carbocycles. The summed E-state index contributed by atoms with van der Waals surface area (Å²) in [7, 11) is 2.06. The maximum absolute atomic E-state index is 8.64. The second-order valence-electron chi connectivity index (χ2n) is 2.40. The smallest absolute Gasteiger partial charge is 0.139 e. The zero-order valence-corrected chi connectivity index (χ0v) is 6.17. The zero-order chi connectivity index (χ0) is 7.40. The Kier molecular flexibility index (Phi) is 2.52. The third-order valence-electron chi connectivity index (χ3n) is 1.64. The van der Waals surface area contributed by atoms with Crippen LogP contribution in [0.3, 0.4) is 0 Å². The molecule has 52 valence electrons. The van der Waals surface area contributed by atoms with Crippen molar-refractivity contribution in [3.63, 3.8) is 0 Å². The van der Waals surface area contributed by atoms with Gasteiger partial charge in [0, 0.05) is 6.61 Å². The minimum Gasteiger partial charge on any atom is -0.396 e. The molecule has 1 N–H and O–H groups in total. The Morgan fingerprint density at radius 3 is 2.60 bits per heavy atom. The van der Waals surface area contributed by atoms with Gasteiger partial charge >= 0.3 is 0 Å². The van der Waals surface area contributed by atoms with E-state index in [1.54, 1.807) is 0 Å². The van der Waals surface area contributed by atoms with Crippen molar-refractivity contribution >= 4 is 13.3 Å². The highest BCUT2D eigenvalue weighted by molar-refractivity contribution is 6.33. The predicted molar refractivity (Wildman–Crippen MR) is 45.4 cm³/mol. The van der Waals surface area contributed by atoms with Gasteiger partial charge in [0.1, 0.15) is 7.85 Å². The quantitative estimate of drug-likeness (QED) is 0.539. The third kappa shape index (κ3) is 1.61. The topological polar surface area (TPSA) is 20.2 Å². The summed E-state index contributed by atoms with van der Waals surface area (Å²) < 4.78 is 0. The van der Waals surface area contributed by atoms with E-state index >= 15 is 0 Å². The van der Waals surface area contributed by atoms with E-state index in [0.717, 1.165) is 6.42 Å². The average Bonchev–Trinajstić information content (AvgIpc) is 1.94. The molecule has 0 aliphatic rings. The summed E-state index contributed by atoms with van der Waals surface area (Å²) in [6, 6.07) is 8.12. The van der Waals surface area contributed by atoms with Gasteiger partial charge in [-0.25, -0.2) is 0 Å². The second-order valence-corrected chi connectivity index (χ2v) is 2.40. The summed E-state index contributed by atoms with van der Waals surface area (Å²) in [4.78, 5) is 0. The first-order valence-electron chi connectivity index (χ1n) is 3.50. The lowest BCUT2D eigenvalue weighted by Gasteiger charge is -2.00. The van der Waals surface area contributed by atoms with Gasteiger partial charge in [0.15, 0.2) is 0 Å². The molecule has 0 aliphatic heterocycles. The highest BCUT2D eigenvalue weighted by Crippen LogP contribution is 1.94. The van der Waals surface area contributed by atoms with Crippen LogP contribution in [0.5, 0.6) is 0 Å². The Bertz CT molecular complexity index is 210. The molecule has 0 amide bonds. The average molecular weight is 134 g/mol. The molecule has 0 bridgehead atoms. The molecule has 0 atom stereocenters. The first kappa shape index (κ1) is 7.35. The number of hydrogen-bond acceptors (Lipinski definition) is 1. The standard InChI is InChI=1S/C8H11BO/c9-8-4-2-1-3-7(8)5-6-10/h1-4,10H,5-6,9H2. The molecular weight excluding hydrogens is 123 g/mol. The van der Waals surface area contributed by atoms with Gasteiger partial charge in [0.2, 0.25) is 0 Å². The highest BCUT2D eigenvalue weighted by Gasteiger charge is 1.92. The first-order valence-corrected chi connectivity index (χ1v) is 3.50. The fraction of sp³-hybridized carbons (Fsp3) is 0.250. The molecule has 0 spiro atoms. The fourth-order valence-electron chi connectivity index (χ4n) is 1.01. The molecule has 2 heteroatoms. The molecule has 0 heterocycles. The van der Waals surface area contributed by atoms with Gasteiger partial charge in [-0.2, -0.15) is 0 Å². The normalized spacial score (nSPS) is 9.70. The molecule has 0 radical (unpaired) electrons. The van der Waals surface area contributed by atoms with Crippen molar-refractivity contribution in [2.45, 2.75) is 6.42 Å².